The van der Waals surface area contributed by atoms with Crippen LogP contribution in [0.15, 0.2) is 24.3 Å². The van der Waals surface area contributed by atoms with E-state index < -0.39 is 14.8 Å². The van der Waals surface area contributed by atoms with E-state index in [1.807, 2.05) is 0 Å². The summed E-state index contributed by atoms with van der Waals surface area (Å²) in [5.41, 5.74) is 0.496. The summed E-state index contributed by atoms with van der Waals surface area (Å²) in [6.45, 7) is 0. The van der Waals surface area contributed by atoms with E-state index in [4.69, 9.17) is 12.2 Å². The second-order valence-electron chi connectivity index (χ2n) is 4.85. The number of hydrogen-bond donors (Lipinski definition) is 1. The van der Waals surface area contributed by atoms with Crippen LogP contribution in [0, 0.1) is 10.1 Å². The number of thiocarbonyl (C=S) groups is 1. The molecule has 2 aliphatic rings. The first kappa shape index (κ1) is 13.3. The lowest BCUT2D eigenvalue weighted by molar-refractivity contribution is -0.384. The number of benzene rings is 1. The highest BCUT2D eigenvalue weighted by Gasteiger charge is 2.47. The maximum Gasteiger partial charge on any atom is 0.271 e. The van der Waals surface area contributed by atoms with E-state index >= 15 is 0 Å². The van der Waals surface area contributed by atoms with Crippen LogP contribution in [-0.4, -0.2) is 42.0 Å². The summed E-state index contributed by atoms with van der Waals surface area (Å²) in [6.07, 6.45) is 0. The third-order valence-electron chi connectivity index (χ3n) is 3.50. The number of nitro groups is 1. The molecule has 1 aromatic rings. The predicted octanol–water partition coefficient (Wildman–Crippen LogP) is 0.455. The molecular formula is C11H11N3O4S2. The molecule has 20 heavy (non-hydrogen) atoms. The normalized spacial score (nSPS) is 27.2. The third-order valence-corrected chi connectivity index (χ3v) is 5.53. The molecule has 1 aromatic carbocycles. The topological polar surface area (TPSA) is 92.6 Å². The van der Waals surface area contributed by atoms with Crippen molar-refractivity contribution in [1.82, 2.24) is 5.32 Å². The molecule has 0 radical (unpaired) electrons. The van der Waals surface area contributed by atoms with E-state index in [1.165, 1.54) is 12.1 Å². The SMILES string of the molecule is O=[N+]([O-])c1cccc(N2C(=S)N[C@H]3CS(=O)(=O)C[C@H]32)c1. The molecule has 0 saturated carbocycles. The van der Waals surface area contributed by atoms with Gasteiger partial charge in [-0.2, -0.15) is 0 Å². The van der Waals surface area contributed by atoms with Crippen molar-refractivity contribution in [2.75, 3.05) is 16.4 Å². The van der Waals surface area contributed by atoms with Gasteiger partial charge in [0.25, 0.3) is 5.69 Å². The van der Waals surface area contributed by atoms with Crippen LogP contribution in [0.3, 0.4) is 0 Å². The smallest absolute Gasteiger partial charge is 0.271 e. The van der Waals surface area contributed by atoms with Gasteiger partial charge in [0.15, 0.2) is 14.9 Å². The zero-order chi connectivity index (χ0) is 14.5. The molecule has 2 saturated heterocycles. The fourth-order valence-electron chi connectivity index (χ4n) is 2.67. The van der Waals surface area contributed by atoms with E-state index in [0.717, 1.165) is 0 Å². The van der Waals surface area contributed by atoms with Crippen LogP contribution in [0.2, 0.25) is 0 Å². The largest absolute Gasteiger partial charge is 0.356 e. The van der Waals surface area contributed by atoms with Crippen LogP contribution in [0.4, 0.5) is 11.4 Å². The Hall–Kier alpha value is -1.74. The molecule has 3 rings (SSSR count). The van der Waals surface area contributed by atoms with Crippen LogP contribution in [0.1, 0.15) is 0 Å². The zero-order valence-corrected chi connectivity index (χ0v) is 11.9. The number of fused-ring (bicyclic) bond motifs is 1. The molecule has 0 aromatic heterocycles. The Bertz CT molecular complexity index is 703. The summed E-state index contributed by atoms with van der Waals surface area (Å²) < 4.78 is 23.4. The molecule has 9 heteroatoms. The minimum absolute atomic E-state index is 0.00744. The Balaban J connectivity index is 1.99. The fourth-order valence-corrected chi connectivity index (χ4v) is 4.95. The Morgan fingerprint density at radius 2 is 2.15 bits per heavy atom. The molecule has 2 aliphatic heterocycles. The molecule has 7 nitrogen and oxygen atoms in total. The summed E-state index contributed by atoms with van der Waals surface area (Å²) in [5, 5.41) is 14.2. The first-order valence-corrected chi connectivity index (χ1v) is 8.15. The summed E-state index contributed by atoms with van der Waals surface area (Å²) in [7, 11) is -3.09. The highest BCUT2D eigenvalue weighted by atomic mass is 32.2. The van der Waals surface area contributed by atoms with E-state index in [2.05, 4.69) is 5.32 Å². The number of sulfone groups is 1. The molecule has 0 unspecified atom stereocenters. The molecule has 0 amide bonds. The summed E-state index contributed by atoms with van der Waals surface area (Å²) in [4.78, 5) is 12.0. The van der Waals surface area contributed by atoms with Crippen LogP contribution in [-0.2, 0) is 9.84 Å². The number of nitrogens with one attached hydrogen (secondary N) is 1. The van der Waals surface area contributed by atoms with Gasteiger partial charge in [-0.05, 0) is 18.3 Å². The minimum atomic E-state index is -3.09. The van der Waals surface area contributed by atoms with Crippen molar-refractivity contribution in [2.45, 2.75) is 12.1 Å². The van der Waals surface area contributed by atoms with Crippen molar-refractivity contribution < 1.29 is 13.3 Å². The van der Waals surface area contributed by atoms with Gasteiger partial charge >= 0.3 is 0 Å². The summed E-state index contributed by atoms with van der Waals surface area (Å²) in [5.74, 6) is 0.0523. The van der Waals surface area contributed by atoms with Gasteiger partial charge in [0.05, 0.1) is 34.2 Å². The van der Waals surface area contributed by atoms with Gasteiger partial charge < -0.3 is 10.2 Å². The van der Waals surface area contributed by atoms with Gasteiger partial charge in [-0.25, -0.2) is 8.42 Å². The van der Waals surface area contributed by atoms with Gasteiger partial charge in [0, 0.05) is 12.1 Å². The number of non-ortho nitro benzene ring substituents is 1. The predicted molar refractivity (Wildman–Crippen MR) is 77.5 cm³/mol. The summed E-state index contributed by atoms with van der Waals surface area (Å²) >= 11 is 5.21. The number of anilines is 1. The average Bonchev–Trinajstić information content (AvgIpc) is 2.79. The first-order valence-electron chi connectivity index (χ1n) is 5.92. The van der Waals surface area contributed by atoms with Gasteiger partial charge in [0.1, 0.15) is 0 Å². The Kier molecular flexibility index (Phi) is 2.91. The lowest BCUT2D eigenvalue weighted by Gasteiger charge is -2.22. The molecular weight excluding hydrogens is 302 g/mol. The van der Waals surface area contributed by atoms with Gasteiger partial charge in [-0.3, -0.25) is 10.1 Å². The quantitative estimate of drug-likeness (QED) is 0.481. The van der Waals surface area contributed by atoms with Crippen molar-refractivity contribution in [3.8, 4) is 0 Å². The zero-order valence-electron chi connectivity index (χ0n) is 10.2. The van der Waals surface area contributed by atoms with Crippen LogP contribution in [0.25, 0.3) is 0 Å². The Labute approximate surface area is 120 Å². The standard InChI is InChI=1S/C11H11N3O4S2/c15-14(16)8-3-1-2-7(4-8)13-10-6-20(17,18)5-9(10)12-11(13)19/h1-4,9-10H,5-6H2,(H,12,19)/t9-,10+/m0/s1. The van der Waals surface area contributed by atoms with Crippen molar-refractivity contribution in [1.29, 1.82) is 0 Å². The van der Waals surface area contributed by atoms with Gasteiger partial charge in [0.2, 0.25) is 0 Å². The Morgan fingerprint density at radius 3 is 2.85 bits per heavy atom. The fraction of sp³-hybridized carbons (Fsp3) is 0.364. The lowest BCUT2D eigenvalue weighted by atomic mass is 10.1. The van der Waals surface area contributed by atoms with E-state index in [-0.39, 0.29) is 29.3 Å². The molecule has 0 spiro atoms. The van der Waals surface area contributed by atoms with Gasteiger partial charge in [-0.1, -0.05) is 6.07 Å². The minimum Gasteiger partial charge on any atom is -0.356 e. The monoisotopic (exact) mass is 313 g/mol. The molecule has 2 heterocycles. The van der Waals surface area contributed by atoms with E-state index in [0.29, 0.717) is 10.8 Å². The Morgan fingerprint density at radius 1 is 1.40 bits per heavy atom. The number of rotatable bonds is 2. The van der Waals surface area contributed by atoms with Crippen molar-refractivity contribution in [3.05, 3.63) is 34.4 Å². The van der Waals surface area contributed by atoms with E-state index in [1.54, 1.807) is 17.0 Å². The molecule has 2 fully saturated rings. The van der Waals surface area contributed by atoms with Gasteiger partial charge in [-0.15, -0.1) is 0 Å². The van der Waals surface area contributed by atoms with Crippen LogP contribution < -0.4 is 10.2 Å². The maximum absolute atomic E-state index is 11.7. The average molecular weight is 313 g/mol. The second-order valence-corrected chi connectivity index (χ2v) is 7.39. The molecule has 2 atom stereocenters. The third kappa shape index (κ3) is 2.12. The van der Waals surface area contributed by atoms with Crippen molar-refractivity contribution >= 4 is 38.5 Å². The first-order chi connectivity index (χ1) is 9.37. The van der Waals surface area contributed by atoms with E-state index in [9.17, 15) is 18.5 Å². The summed E-state index contributed by atoms with van der Waals surface area (Å²) in [6, 6.07) is 5.50. The highest BCUT2D eigenvalue weighted by Crippen LogP contribution is 2.31. The molecule has 106 valence electrons. The number of nitro benzene ring substituents is 1. The second kappa shape index (κ2) is 4.38. The maximum atomic E-state index is 11.7. The highest BCUT2D eigenvalue weighted by molar-refractivity contribution is 7.91. The molecule has 0 aliphatic carbocycles. The van der Waals surface area contributed by atoms with Crippen molar-refractivity contribution in [2.24, 2.45) is 0 Å². The lowest BCUT2D eigenvalue weighted by Crippen LogP contribution is -2.36. The molecule has 1 N–H and O–H groups in total. The molecule has 0 bridgehead atoms. The number of hydrogen-bond acceptors (Lipinski definition) is 5. The van der Waals surface area contributed by atoms with Crippen molar-refractivity contribution in [3.63, 3.8) is 0 Å². The number of nitrogens with zero attached hydrogens (tertiary/aromatic N) is 2. The van der Waals surface area contributed by atoms with Crippen LogP contribution in [0.5, 0.6) is 0 Å². The van der Waals surface area contributed by atoms with Crippen LogP contribution >= 0.6 is 12.2 Å².